The second-order valence-corrected chi connectivity index (χ2v) is 5.69. The highest BCUT2D eigenvalue weighted by Gasteiger charge is 2.22. The van der Waals surface area contributed by atoms with Crippen LogP contribution >= 0.6 is 34.8 Å². The molecule has 8 heteroatoms. The number of hydrogen-bond donors (Lipinski definition) is 1. The number of carbonyl (C=O) groups excluding carboxylic acids is 3. The minimum Gasteiger partial charge on any atom is -0.445 e. The monoisotopic (exact) mass is 303 g/mol. The lowest BCUT2D eigenvalue weighted by Crippen LogP contribution is -2.37. The zero-order valence-electron chi connectivity index (χ0n) is 8.83. The third-order valence-corrected chi connectivity index (χ3v) is 2.00. The average Bonchev–Trinajstić information content (AvgIpc) is 2.24. The van der Waals surface area contributed by atoms with E-state index >= 15 is 0 Å². The first-order valence-corrected chi connectivity index (χ1v) is 5.91. The van der Waals surface area contributed by atoms with Gasteiger partial charge in [0.1, 0.15) is 19.2 Å². The molecule has 0 bridgehead atoms. The molecule has 0 radical (unpaired) electrons. The largest absolute Gasteiger partial charge is 0.445 e. The van der Waals surface area contributed by atoms with E-state index < -0.39 is 22.5 Å². The SMILES string of the molecule is O=CCCCC(C=O)NC(=O)OCC(Cl)(Cl)Cl. The van der Waals surface area contributed by atoms with Crippen molar-refractivity contribution in [1.29, 1.82) is 0 Å². The quantitative estimate of drug-likeness (QED) is 0.444. The molecule has 0 heterocycles. The van der Waals surface area contributed by atoms with Crippen molar-refractivity contribution >= 4 is 53.5 Å². The number of carbonyl (C=O) groups is 3. The van der Waals surface area contributed by atoms with Gasteiger partial charge in [-0.05, 0) is 12.8 Å². The summed E-state index contributed by atoms with van der Waals surface area (Å²) in [5.41, 5.74) is 0. The zero-order chi connectivity index (χ0) is 13.3. The van der Waals surface area contributed by atoms with E-state index in [1.54, 1.807) is 0 Å². The van der Waals surface area contributed by atoms with E-state index in [-0.39, 0.29) is 0 Å². The Kier molecular flexibility index (Phi) is 8.29. The topological polar surface area (TPSA) is 72.5 Å². The molecule has 1 atom stereocenters. The molecule has 0 saturated carbocycles. The van der Waals surface area contributed by atoms with Gasteiger partial charge in [0, 0.05) is 6.42 Å². The third-order valence-electron chi connectivity index (χ3n) is 1.67. The Morgan fingerprint density at radius 1 is 1.35 bits per heavy atom. The van der Waals surface area contributed by atoms with E-state index in [1.165, 1.54) is 0 Å². The Morgan fingerprint density at radius 3 is 2.47 bits per heavy atom. The van der Waals surface area contributed by atoms with Gasteiger partial charge in [-0.25, -0.2) is 4.79 Å². The highest BCUT2D eigenvalue weighted by atomic mass is 35.6. The molecule has 0 aliphatic carbocycles. The highest BCUT2D eigenvalue weighted by molar-refractivity contribution is 6.67. The van der Waals surface area contributed by atoms with Crippen molar-refractivity contribution in [3.63, 3.8) is 0 Å². The van der Waals surface area contributed by atoms with E-state index in [2.05, 4.69) is 10.1 Å². The number of halogens is 3. The van der Waals surface area contributed by atoms with E-state index in [1.807, 2.05) is 0 Å². The van der Waals surface area contributed by atoms with Crippen LogP contribution in [0, 0.1) is 0 Å². The van der Waals surface area contributed by atoms with Crippen LogP contribution in [0.2, 0.25) is 0 Å². The Balaban J connectivity index is 3.89. The van der Waals surface area contributed by atoms with Crippen LogP contribution in [0.25, 0.3) is 0 Å². The maximum absolute atomic E-state index is 11.2. The first-order chi connectivity index (χ1) is 7.89. The number of amides is 1. The van der Waals surface area contributed by atoms with Gasteiger partial charge in [-0.1, -0.05) is 34.8 Å². The summed E-state index contributed by atoms with van der Waals surface area (Å²) in [5, 5.41) is 2.28. The summed E-state index contributed by atoms with van der Waals surface area (Å²) in [6, 6.07) is -0.710. The van der Waals surface area contributed by atoms with Gasteiger partial charge in [-0.15, -0.1) is 0 Å². The van der Waals surface area contributed by atoms with Gasteiger partial charge in [0.25, 0.3) is 0 Å². The lowest BCUT2D eigenvalue weighted by Gasteiger charge is -2.14. The lowest BCUT2D eigenvalue weighted by atomic mass is 10.1. The summed E-state index contributed by atoms with van der Waals surface area (Å²) in [7, 11) is 0. The molecule has 0 aromatic heterocycles. The van der Waals surface area contributed by atoms with Gasteiger partial charge in [-0.3, -0.25) is 0 Å². The Labute approximate surface area is 114 Å². The van der Waals surface area contributed by atoms with Crippen LogP contribution in [0.4, 0.5) is 4.79 Å². The van der Waals surface area contributed by atoms with Crippen molar-refractivity contribution in [1.82, 2.24) is 5.32 Å². The average molecular weight is 305 g/mol. The molecule has 0 spiro atoms. The van der Waals surface area contributed by atoms with Crippen molar-refractivity contribution in [2.24, 2.45) is 0 Å². The van der Waals surface area contributed by atoms with Gasteiger partial charge >= 0.3 is 6.09 Å². The minimum absolute atomic E-state index is 0.329. The molecular weight excluding hydrogens is 292 g/mol. The molecule has 1 N–H and O–H groups in total. The normalized spacial score (nSPS) is 12.6. The molecule has 98 valence electrons. The van der Waals surface area contributed by atoms with Gasteiger partial charge in [0.15, 0.2) is 0 Å². The highest BCUT2D eigenvalue weighted by Crippen LogP contribution is 2.25. The summed E-state index contributed by atoms with van der Waals surface area (Å²) >= 11 is 16.1. The number of aldehydes is 2. The Bertz CT molecular complexity index is 267. The lowest BCUT2D eigenvalue weighted by molar-refractivity contribution is -0.110. The van der Waals surface area contributed by atoms with Crippen molar-refractivity contribution in [3.05, 3.63) is 0 Å². The second-order valence-electron chi connectivity index (χ2n) is 3.18. The van der Waals surface area contributed by atoms with Crippen molar-refractivity contribution in [2.75, 3.05) is 6.61 Å². The first kappa shape index (κ1) is 16.5. The van der Waals surface area contributed by atoms with Crippen LogP contribution in [-0.2, 0) is 14.3 Å². The second kappa shape index (κ2) is 8.55. The minimum atomic E-state index is -1.69. The number of hydrogen-bond acceptors (Lipinski definition) is 4. The predicted molar refractivity (Wildman–Crippen MR) is 64.5 cm³/mol. The number of alkyl halides is 3. The van der Waals surface area contributed by atoms with Gasteiger partial charge < -0.3 is 19.6 Å². The molecule has 0 aliphatic heterocycles. The van der Waals surface area contributed by atoms with Crippen molar-refractivity contribution < 1.29 is 19.1 Å². The predicted octanol–water partition coefficient (Wildman–Crippen LogP) is 2.02. The summed E-state index contributed by atoms with van der Waals surface area (Å²) in [6.07, 6.45) is 1.63. The smallest absolute Gasteiger partial charge is 0.407 e. The first-order valence-electron chi connectivity index (χ1n) is 4.78. The summed E-state index contributed by atoms with van der Waals surface area (Å²) in [4.78, 5) is 31.8. The van der Waals surface area contributed by atoms with E-state index in [0.29, 0.717) is 25.5 Å². The molecule has 0 aromatic carbocycles. The summed E-state index contributed by atoms with van der Waals surface area (Å²) < 4.78 is 2.88. The number of nitrogens with one attached hydrogen (secondary N) is 1. The van der Waals surface area contributed by atoms with Crippen LogP contribution in [0.3, 0.4) is 0 Å². The summed E-state index contributed by atoms with van der Waals surface area (Å²) in [6.45, 7) is -0.413. The molecule has 0 aliphatic rings. The maximum atomic E-state index is 11.2. The van der Waals surface area contributed by atoms with E-state index in [0.717, 1.165) is 6.29 Å². The van der Waals surface area contributed by atoms with Crippen LogP contribution in [0.5, 0.6) is 0 Å². The number of alkyl carbamates (subject to hydrolysis) is 1. The maximum Gasteiger partial charge on any atom is 0.407 e. The fourth-order valence-corrected chi connectivity index (χ4v) is 1.10. The molecule has 0 aromatic rings. The van der Waals surface area contributed by atoms with Gasteiger partial charge in [0.05, 0.1) is 6.04 Å². The van der Waals surface area contributed by atoms with Crippen molar-refractivity contribution in [2.45, 2.75) is 29.1 Å². The molecule has 5 nitrogen and oxygen atoms in total. The van der Waals surface area contributed by atoms with Crippen molar-refractivity contribution in [3.8, 4) is 0 Å². The van der Waals surface area contributed by atoms with E-state index in [4.69, 9.17) is 34.8 Å². The Hall–Kier alpha value is -0.520. The van der Waals surface area contributed by atoms with Crippen LogP contribution in [0.1, 0.15) is 19.3 Å². The van der Waals surface area contributed by atoms with Gasteiger partial charge in [-0.2, -0.15) is 0 Å². The molecule has 0 rings (SSSR count). The van der Waals surface area contributed by atoms with Gasteiger partial charge in [0.2, 0.25) is 3.79 Å². The number of ether oxygens (including phenoxy) is 1. The molecule has 0 saturated heterocycles. The fraction of sp³-hybridized carbons (Fsp3) is 0.667. The molecule has 0 fully saturated rings. The standard InChI is InChI=1S/C9H12Cl3NO4/c10-9(11,12)6-17-8(16)13-7(5-15)3-1-2-4-14/h4-5,7H,1-3,6H2,(H,13,16). The number of rotatable bonds is 7. The number of unbranched alkanes of at least 4 members (excludes halogenated alkanes) is 1. The molecular formula is C9H12Cl3NO4. The van der Waals surface area contributed by atoms with Crippen LogP contribution in [0.15, 0.2) is 0 Å². The Morgan fingerprint density at radius 2 is 2.00 bits per heavy atom. The van der Waals surface area contributed by atoms with E-state index in [9.17, 15) is 14.4 Å². The molecule has 1 amide bonds. The fourth-order valence-electron chi connectivity index (χ4n) is 0.936. The third kappa shape index (κ3) is 10.4. The molecule has 1 unspecified atom stereocenters. The van der Waals surface area contributed by atoms with Crippen LogP contribution in [-0.4, -0.2) is 35.1 Å². The summed E-state index contributed by atoms with van der Waals surface area (Å²) in [5.74, 6) is 0. The zero-order valence-corrected chi connectivity index (χ0v) is 11.1. The van der Waals surface area contributed by atoms with Crippen LogP contribution < -0.4 is 5.32 Å². The molecule has 17 heavy (non-hydrogen) atoms.